The first-order chi connectivity index (χ1) is 17.9. The van der Waals surface area contributed by atoms with Crippen LogP contribution in [0.5, 0.6) is 0 Å². The minimum Gasteiger partial charge on any atom is -0.465 e. The van der Waals surface area contributed by atoms with Crippen molar-refractivity contribution in [3.63, 3.8) is 0 Å². The van der Waals surface area contributed by atoms with Crippen LogP contribution in [0, 0.1) is 17.8 Å². The van der Waals surface area contributed by atoms with E-state index in [1.165, 1.54) is 0 Å². The standard InChI is InChI=1S/C29H45BrN2O5S/c1-8-11-12-13-15-37-27(36)21-22-25(34)32(20(17-33)18(4)10-3)24(29(22)16-19(30)23(21)38-29)26(35)31(14-9-2)28(5,6)7/h8-9,18-24,33H,1-2,10-17H2,3-7H3/t18-,19?,20-,21+,22-,23+,24?,29?/m0/s1. The number of fused-ring (bicyclic) bond motifs is 1. The molecule has 3 unspecified atom stereocenters. The first-order valence-electron chi connectivity index (χ1n) is 13.9. The number of likely N-dealkylation sites (tertiary alicyclic amines) is 1. The van der Waals surface area contributed by atoms with Gasteiger partial charge in [-0.3, -0.25) is 14.4 Å². The molecule has 3 rings (SSSR count). The molecule has 2 amide bonds. The van der Waals surface area contributed by atoms with Crippen molar-refractivity contribution in [1.29, 1.82) is 0 Å². The maximum Gasteiger partial charge on any atom is 0.310 e. The number of nitrogens with zero attached hydrogens (tertiary/aromatic N) is 2. The van der Waals surface area contributed by atoms with E-state index in [1.54, 1.807) is 27.6 Å². The summed E-state index contributed by atoms with van der Waals surface area (Å²) in [6.07, 6.45) is 7.38. The number of carbonyl (C=O) groups is 3. The van der Waals surface area contributed by atoms with Crippen molar-refractivity contribution in [3.05, 3.63) is 25.3 Å². The summed E-state index contributed by atoms with van der Waals surface area (Å²) in [5.41, 5.74) is -0.501. The highest BCUT2D eigenvalue weighted by Crippen LogP contribution is 2.68. The zero-order valence-corrected chi connectivity index (χ0v) is 25.9. The second-order valence-electron chi connectivity index (χ2n) is 11.9. The number of unbranched alkanes of at least 4 members (excludes halogenated alkanes) is 2. The van der Waals surface area contributed by atoms with E-state index in [9.17, 15) is 19.5 Å². The molecule has 1 N–H and O–H groups in total. The summed E-state index contributed by atoms with van der Waals surface area (Å²) < 4.78 is 4.94. The number of aliphatic hydroxyl groups is 1. The number of rotatable bonds is 13. The average Bonchev–Trinajstić information content (AvgIpc) is 3.45. The molecule has 3 saturated heterocycles. The molecule has 0 aromatic heterocycles. The second-order valence-corrected chi connectivity index (χ2v) is 14.6. The molecule has 38 heavy (non-hydrogen) atoms. The Balaban J connectivity index is 2.06. The Morgan fingerprint density at radius 2 is 2.00 bits per heavy atom. The molecule has 0 aromatic rings. The molecular weight excluding hydrogens is 568 g/mol. The molecule has 2 bridgehead atoms. The molecule has 0 radical (unpaired) electrons. The van der Waals surface area contributed by atoms with Crippen LogP contribution in [-0.2, 0) is 19.1 Å². The van der Waals surface area contributed by atoms with Gasteiger partial charge in [-0.25, -0.2) is 0 Å². The molecule has 3 heterocycles. The molecule has 3 fully saturated rings. The summed E-state index contributed by atoms with van der Waals surface area (Å²) in [4.78, 5) is 45.8. The summed E-state index contributed by atoms with van der Waals surface area (Å²) in [5, 5.41) is 10.3. The Morgan fingerprint density at radius 1 is 1.32 bits per heavy atom. The topological polar surface area (TPSA) is 87.2 Å². The lowest BCUT2D eigenvalue weighted by Crippen LogP contribution is -2.61. The number of aliphatic hydroxyl groups excluding tert-OH is 1. The largest absolute Gasteiger partial charge is 0.465 e. The van der Waals surface area contributed by atoms with Crippen molar-refractivity contribution in [2.75, 3.05) is 19.8 Å². The Labute approximate surface area is 240 Å². The third-order valence-electron chi connectivity index (χ3n) is 8.51. The number of carbonyl (C=O) groups excluding carboxylic acids is 3. The van der Waals surface area contributed by atoms with Crippen LogP contribution in [0.4, 0.5) is 0 Å². The van der Waals surface area contributed by atoms with E-state index in [-0.39, 0.29) is 40.4 Å². The summed E-state index contributed by atoms with van der Waals surface area (Å²) in [6, 6.07) is -1.30. The third kappa shape index (κ3) is 5.49. The first kappa shape index (κ1) is 31.2. The van der Waals surface area contributed by atoms with Crippen LogP contribution in [0.1, 0.15) is 66.7 Å². The molecule has 1 spiro atoms. The zero-order valence-electron chi connectivity index (χ0n) is 23.5. The third-order valence-corrected chi connectivity index (χ3v) is 11.7. The van der Waals surface area contributed by atoms with Gasteiger partial charge in [-0.15, -0.1) is 24.9 Å². The van der Waals surface area contributed by atoms with Crippen LogP contribution < -0.4 is 0 Å². The molecule has 0 aromatic carbocycles. The SMILES string of the molecule is C=CCCCCOC(=O)[C@H]1[C@@H]2SC3(CC2Br)C(C(=O)N(CC=C)C(C)(C)C)N([C@@H](CO)[C@@H](C)CC)C(=O)[C@H]13. The lowest BCUT2D eigenvalue weighted by molar-refractivity contribution is -0.155. The Kier molecular flexibility index (Phi) is 10.2. The summed E-state index contributed by atoms with van der Waals surface area (Å²) in [5.74, 6) is -2.04. The van der Waals surface area contributed by atoms with E-state index in [2.05, 4.69) is 29.1 Å². The molecule has 214 valence electrons. The van der Waals surface area contributed by atoms with Gasteiger partial charge in [0.05, 0.1) is 35.8 Å². The first-order valence-corrected chi connectivity index (χ1v) is 15.7. The fraction of sp³-hybridized carbons (Fsp3) is 0.759. The maximum atomic E-state index is 14.5. The van der Waals surface area contributed by atoms with Crippen molar-refractivity contribution >= 4 is 45.5 Å². The van der Waals surface area contributed by atoms with Crippen LogP contribution in [0.15, 0.2) is 25.3 Å². The average molecular weight is 614 g/mol. The minimum absolute atomic E-state index is 0.0193. The van der Waals surface area contributed by atoms with E-state index < -0.39 is 34.2 Å². The number of amides is 2. The van der Waals surface area contributed by atoms with Crippen LogP contribution >= 0.6 is 27.7 Å². The molecular formula is C29H45BrN2O5S. The quantitative estimate of drug-likeness (QED) is 0.142. The van der Waals surface area contributed by atoms with Gasteiger partial charge >= 0.3 is 5.97 Å². The molecule has 8 atom stereocenters. The van der Waals surface area contributed by atoms with Gasteiger partial charge < -0.3 is 19.6 Å². The highest BCUT2D eigenvalue weighted by molar-refractivity contribution is 9.09. The molecule has 9 heteroatoms. The number of hydrogen-bond donors (Lipinski definition) is 1. The molecule has 3 aliphatic heterocycles. The number of alkyl halides is 1. The van der Waals surface area contributed by atoms with Crippen molar-refractivity contribution in [2.24, 2.45) is 17.8 Å². The number of ether oxygens (including phenoxy) is 1. The number of hydrogen-bond acceptors (Lipinski definition) is 6. The van der Waals surface area contributed by atoms with Crippen LogP contribution in [0.2, 0.25) is 0 Å². The van der Waals surface area contributed by atoms with Crippen molar-refractivity contribution in [3.8, 4) is 0 Å². The number of esters is 1. The van der Waals surface area contributed by atoms with E-state index in [0.29, 0.717) is 19.6 Å². The fourth-order valence-electron chi connectivity index (χ4n) is 6.42. The molecule has 7 nitrogen and oxygen atoms in total. The fourth-order valence-corrected chi connectivity index (χ4v) is 10.00. The van der Waals surface area contributed by atoms with Crippen molar-refractivity contribution in [1.82, 2.24) is 9.80 Å². The maximum absolute atomic E-state index is 14.5. The Morgan fingerprint density at radius 3 is 2.55 bits per heavy atom. The van der Waals surface area contributed by atoms with Gasteiger partial charge in [0.15, 0.2) is 0 Å². The highest BCUT2D eigenvalue weighted by Gasteiger charge is 2.77. The Hall–Kier alpha value is -1.32. The van der Waals surface area contributed by atoms with E-state index in [0.717, 1.165) is 25.7 Å². The lowest BCUT2D eigenvalue weighted by atomic mass is 9.71. The summed E-state index contributed by atoms with van der Waals surface area (Å²) >= 11 is 5.40. The predicted molar refractivity (Wildman–Crippen MR) is 156 cm³/mol. The van der Waals surface area contributed by atoms with Gasteiger partial charge in [0.1, 0.15) is 6.04 Å². The summed E-state index contributed by atoms with van der Waals surface area (Å²) in [7, 11) is 0. The number of halogens is 1. The van der Waals surface area contributed by atoms with Crippen LogP contribution in [0.25, 0.3) is 0 Å². The highest BCUT2D eigenvalue weighted by atomic mass is 79.9. The monoisotopic (exact) mass is 612 g/mol. The van der Waals surface area contributed by atoms with Crippen molar-refractivity contribution < 1.29 is 24.2 Å². The van der Waals surface area contributed by atoms with Crippen molar-refractivity contribution in [2.45, 2.75) is 99.2 Å². The van der Waals surface area contributed by atoms with Gasteiger partial charge in [0.2, 0.25) is 11.8 Å². The van der Waals surface area contributed by atoms with Gasteiger partial charge in [0, 0.05) is 22.2 Å². The van der Waals surface area contributed by atoms with Gasteiger partial charge in [-0.1, -0.05) is 48.4 Å². The molecule has 0 aliphatic carbocycles. The normalized spacial score (nSPS) is 31.6. The molecule has 0 saturated carbocycles. The van der Waals surface area contributed by atoms with Gasteiger partial charge in [-0.2, -0.15) is 0 Å². The van der Waals surface area contributed by atoms with Crippen LogP contribution in [-0.4, -0.2) is 84.9 Å². The predicted octanol–water partition coefficient (Wildman–Crippen LogP) is 4.57. The van der Waals surface area contributed by atoms with E-state index >= 15 is 0 Å². The smallest absolute Gasteiger partial charge is 0.310 e. The lowest BCUT2D eigenvalue weighted by Gasteiger charge is -2.44. The van der Waals surface area contributed by atoms with Gasteiger partial charge in [-0.05, 0) is 52.4 Å². The summed E-state index contributed by atoms with van der Waals surface area (Å²) in [6.45, 7) is 17.9. The minimum atomic E-state index is -0.786. The number of allylic oxidation sites excluding steroid dienone is 1. The van der Waals surface area contributed by atoms with Crippen LogP contribution in [0.3, 0.4) is 0 Å². The van der Waals surface area contributed by atoms with E-state index in [1.807, 2.05) is 40.7 Å². The van der Waals surface area contributed by atoms with Gasteiger partial charge in [0.25, 0.3) is 0 Å². The molecule has 3 aliphatic rings. The zero-order chi connectivity index (χ0) is 28.4. The van der Waals surface area contributed by atoms with E-state index in [4.69, 9.17) is 4.74 Å². The number of thioether (sulfide) groups is 1. The Bertz CT molecular complexity index is 923. The second kappa shape index (κ2) is 12.5.